The van der Waals surface area contributed by atoms with Crippen LogP contribution < -0.4 is 0 Å². The zero-order valence-electron chi connectivity index (χ0n) is 12.8. The van der Waals surface area contributed by atoms with Crippen molar-refractivity contribution in [3.63, 3.8) is 0 Å². The Kier molecular flexibility index (Phi) is 4.91. The first-order valence-corrected chi connectivity index (χ1v) is 7.56. The van der Waals surface area contributed by atoms with Crippen LogP contribution in [0.2, 0.25) is 0 Å². The third kappa shape index (κ3) is 3.08. The monoisotopic (exact) mass is 279 g/mol. The Balaban J connectivity index is 2.14. The van der Waals surface area contributed by atoms with Crippen LogP contribution in [0.4, 0.5) is 0 Å². The fourth-order valence-electron chi connectivity index (χ4n) is 3.03. The van der Waals surface area contributed by atoms with E-state index in [2.05, 4.69) is 10.1 Å². The minimum absolute atomic E-state index is 0.150. The molecule has 0 unspecified atom stereocenters. The van der Waals surface area contributed by atoms with E-state index in [1.807, 2.05) is 18.5 Å². The fourth-order valence-corrected chi connectivity index (χ4v) is 3.03. The van der Waals surface area contributed by atoms with E-state index in [0.29, 0.717) is 6.42 Å². The molecule has 1 saturated carbocycles. The van der Waals surface area contributed by atoms with Gasteiger partial charge in [-0.05, 0) is 26.7 Å². The summed E-state index contributed by atoms with van der Waals surface area (Å²) in [4.78, 5) is 17.0. The minimum Gasteiger partial charge on any atom is -0.370 e. The maximum absolute atomic E-state index is 12.7. The van der Waals surface area contributed by atoms with Gasteiger partial charge >= 0.3 is 0 Å². The molecule has 1 aromatic heterocycles. The summed E-state index contributed by atoms with van der Waals surface area (Å²) in [6.45, 7) is 4.08. The highest BCUT2D eigenvalue weighted by atomic mass is 16.5. The van der Waals surface area contributed by atoms with Gasteiger partial charge in [-0.15, -0.1) is 0 Å². The van der Waals surface area contributed by atoms with Crippen molar-refractivity contribution in [1.82, 2.24) is 14.8 Å². The van der Waals surface area contributed by atoms with Crippen molar-refractivity contribution >= 4 is 5.78 Å². The van der Waals surface area contributed by atoms with Gasteiger partial charge in [0.1, 0.15) is 17.8 Å². The molecular formula is C15H25N3O2. The summed E-state index contributed by atoms with van der Waals surface area (Å²) >= 11 is 0. The van der Waals surface area contributed by atoms with Crippen molar-refractivity contribution in [3.8, 4) is 0 Å². The zero-order chi connectivity index (χ0) is 14.6. The molecule has 0 atom stereocenters. The van der Waals surface area contributed by atoms with Gasteiger partial charge in [-0.2, -0.15) is 5.10 Å². The molecule has 2 rings (SSSR count). The third-order valence-electron chi connectivity index (χ3n) is 4.27. The predicted molar refractivity (Wildman–Crippen MR) is 76.6 cm³/mol. The molecule has 1 heterocycles. The smallest absolute Gasteiger partial charge is 0.172 e. The summed E-state index contributed by atoms with van der Waals surface area (Å²) < 4.78 is 7.48. The summed E-state index contributed by atoms with van der Waals surface area (Å²) in [5.41, 5.74) is -0.607. The largest absolute Gasteiger partial charge is 0.370 e. The van der Waals surface area contributed by atoms with Gasteiger partial charge in [0.05, 0.1) is 6.42 Å². The van der Waals surface area contributed by atoms with Crippen LogP contribution in [-0.2, 0) is 16.0 Å². The lowest BCUT2D eigenvalue weighted by Gasteiger charge is -2.29. The quantitative estimate of drug-likeness (QED) is 0.778. The maximum Gasteiger partial charge on any atom is 0.172 e. The van der Waals surface area contributed by atoms with Gasteiger partial charge in [0, 0.05) is 13.2 Å². The number of ether oxygens (including phenoxy) is 1. The summed E-state index contributed by atoms with van der Waals surface area (Å²) in [6.07, 6.45) is 8.02. The van der Waals surface area contributed by atoms with Crippen LogP contribution in [0.15, 0.2) is 6.33 Å². The second-order valence-corrected chi connectivity index (χ2v) is 5.93. The lowest BCUT2D eigenvalue weighted by atomic mass is 9.87. The van der Waals surface area contributed by atoms with Crippen LogP contribution in [0.5, 0.6) is 0 Å². The van der Waals surface area contributed by atoms with E-state index in [1.54, 1.807) is 7.11 Å². The highest BCUT2D eigenvalue weighted by molar-refractivity contribution is 5.88. The van der Waals surface area contributed by atoms with Crippen molar-refractivity contribution < 1.29 is 9.53 Å². The van der Waals surface area contributed by atoms with Gasteiger partial charge in [0.25, 0.3) is 0 Å². The third-order valence-corrected chi connectivity index (χ3v) is 4.27. The van der Waals surface area contributed by atoms with E-state index < -0.39 is 5.60 Å². The van der Waals surface area contributed by atoms with Gasteiger partial charge in [-0.3, -0.25) is 4.79 Å². The highest BCUT2D eigenvalue weighted by Crippen LogP contribution is 2.31. The number of carbonyl (C=O) groups is 1. The number of hydrogen-bond donors (Lipinski definition) is 0. The van der Waals surface area contributed by atoms with E-state index in [4.69, 9.17) is 4.74 Å². The topological polar surface area (TPSA) is 57.0 Å². The van der Waals surface area contributed by atoms with E-state index in [0.717, 1.165) is 31.5 Å². The summed E-state index contributed by atoms with van der Waals surface area (Å²) in [7, 11) is 1.66. The van der Waals surface area contributed by atoms with Crippen molar-refractivity contribution in [2.75, 3.05) is 7.11 Å². The number of aromatic nitrogens is 3. The lowest BCUT2D eigenvalue weighted by molar-refractivity contribution is -0.142. The van der Waals surface area contributed by atoms with Crippen LogP contribution >= 0.6 is 0 Å². The minimum atomic E-state index is -0.607. The summed E-state index contributed by atoms with van der Waals surface area (Å²) in [6, 6.07) is 0.216. The molecule has 1 aliphatic rings. The molecule has 0 aliphatic heterocycles. The SMILES string of the molecule is COC1(C(=O)Cc2ncnn2C(C)C)CCCCCC1. The molecule has 1 aromatic rings. The molecule has 0 saturated heterocycles. The average Bonchev–Trinajstić information content (AvgIpc) is 2.75. The molecule has 0 radical (unpaired) electrons. The molecule has 0 N–H and O–H groups in total. The molecule has 0 spiro atoms. The molecule has 0 aromatic carbocycles. The molecule has 0 bridgehead atoms. The van der Waals surface area contributed by atoms with Gasteiger partial charge in [0.2, 0.25) is 0 Å². The number of ketones is 1. The summed E-state index contributed by atoms with van der Waals surface area (Å²) in [5.74, 6) is 0.891. The normalized spacial score (nSPS) is 19.0. The van der Waals surface area contributed by atoms with Crippen LogP contribution in [0.3, 0.4) is 0 Å². The van der Waals surface area contributed by atoms with Crippen molar-refractivity contribution in [2.24, 2.45) is 0 Å². The average molecular weight is 279 g/mol. The first kappa shape index (κ1) is 15.2. The Hall–Kier alpha value is -1.23. The van der Waals surface area contributed by atoms with Crippen LogP contribution in [-0.4, -0.2) is 33.3 Å². The van der Waals surface area contributed by atoms with Crippen molar-refractivity contribution in [3.05, 3.63) is 12.2 Å². The van der Waals surface area contributed by atoms with Gasteiger partial charge in [0.15, 0.2) is 5.78 Å². The first-order chi connectivity index (χ1) is 9.59. The van der Waals surface area contributed by atoms with E-state index >= 15 is 0 Å². The number of hydrogen-bond acceptors (Lipinski definition) is 4. The van der Waals surface area contributed by atoms with Crippen LogP contribution in [0.1, 0.15) is 64.2 Å². The zero-order valence-corrected chi connectivity index (χ0v) is 12.8. The van der Waals surface area contributed by atoms with E-state index in [-0.39, 0.29) is 11.8 Å². The first-order valence-electron chi connectivity index (χ1n) is 7.56. The van der Waals surface area contributed by atoms with Crippen LogP contribution in [0, 0.1) is 0 Å². The summed E-state index contributed by atoms with van der Waals surface area (Å²) in [5, 5.41) is 4.19. The highest BCUT2D eigenvalue weighted by Gasteiger charge is 2.38. The number of nitrogens with zero attached hydrogens (tertiary/aromatic N) is 3. The number of Topliss-reactive ketones (excluding diaryl/α,β-unsaturated/α-hetero) is 1. The molecule has 0 amide bonds. The Morgan fingerprint density at radius 2 is 2.00 bits per heavy atom. The van der Waals surface area contributed by atoms with Gasteiger partial charge in [-0.1, -0.05) is 25.7 Å². The molecular weight excluding hydrogens is 254 g/mol. The number of methoxy groups -OCH3 is 1. The van der Waals surface area contributed by atoms with Gasteiger partial charge in [-0.25, -0.2) is 9.67 Å². The Bertz CT molecular complexity index is 446. The second-order valence-electron chi connectivity index (χ2n) is 5.93. The molecule has 5 nitrogen and oxygen atoms in total. The molecule has 5 heteroatoms. The number of carbonyl (C=O) groups excluding carboxylic acids is 1. The standard InChI is InChI=1S/C15H25N3O2/c1-12(2)18-14(16-11-17-18)10-13(19)15(20-3)8-6-4-5-7-9-15/h11-12H,4-10H2,1-3H3. The maximum atomic E-state index is 12.7. The molecule has 1 aliphatic carbocycles. The Morgan fingerprint density at radius 1 is 1.35 bits per heavy atom. The molecule has 20 heavy (non-hydrogen) atoms. The van der Waals surface area contributed by atoms with Gasteiger partial charge < -0.3 is 4.74 Å². The van der Waals surface area contributed by atoms with Crippen molar-refractivity contribution in [1.29, 1.82) is 0 Å². The molecule has 1 fully saturated rings. The Morgan fingerprint density at radius 3 is 2.55 bits per heavy atom. The van der Waals surface area contributed by atoms with E-state index in [1.165, 1.54) is 19.2 Å². The second kappa shape index (κ2) is 6.48. The Labute approximate surface area is 120 Å². The van der Waals surface area contributed by atoms with E-state index in [9.17, 15) is 4.79 Å². The van der Waals surface area contributed by atoms with Crippen LogP contribution in [0.25, 0.3) is 0 Å². The van der Waals surface area contributed by atoms with Crippen molar-refractivity contribution in [2.45, 2.75) is 70.4 Å². The fraction of sp³-hybridized carbons (Fsp3) is 0.800. The predicted octanol–water partition coefficient (Wildman–Crippen LogP) is 2.71. The number of rotatable bonds is 5. The lowest BCUT2D eigenvalue weighted by Crippen LogP contribution is -2.41. The molecule has 112 valence electrons.